The second kappa shape index (κ2) is 3.45. The van der Waals surface area contributed by atoms with Crippen LogP contribution in [0, 0.1) is 11.3 Å². The minimum Gasteiger partial charge on any atom is -0.390 e. The average Bonchev–Trinajstić information content (AvgIpc) is 2.59. The molecule has 13 heavy (non-hydrogen) atoms. The van der Waals surface area contributed by atoms with E-state index < -0.39 is 5.60 Å². The predicted octanol–water partition coefficient (Wildman–Crippen LogP) is 3.14. The van der Waals surface area contributed by atoms with Gasteiger partial charge in [0, 0.05) is 0 Å². The van der Waals surface area contributed by atoms with Crippen LogP contribution in [0.5, 0.6) is 0 Å². The van der Waals surface area contributed by atoms with Crippen molar-refractivity contribution in [3.05, 3.63) is 12.7 Å². The first-order chi connectivity index (χ1) is 5.87. The average molecular weight is 182 g/mol. The maximum Gasteiger partial charge on any atom is 0.0591 e. The molecule has 1 heteroatoms. The predicted molar refractivity (Wildman–Crippen MR) is 56.6 cm³/mol. The van der Waals surface area contributed by atoms with Crippen LogP contribution in [0.15, 0.2) is 12.7 Å². The van der Waals surface area contributed by atoms with Crippen molar-refractivity contribution in [2.45, 2.75) is 52.1 Å². The standard InChI is InChI=1S/C12H22O/c1-5-10-9-12(10,4)8-6-7-11(2,3)13/h5,10,13H,1,6-9H2,2-4H3. The quantitative estimate of drug-likeness (QED) is 0.648. The van der Waals surface area contributed by atoms with Gasteiger partial charge in [-0.1, -0.05) is 19.4 Å². The molecule has 0 saturated heterocycles. The van der Waals surface area contributed by atoms with Crippen LogP contribution in [-0.4, -0.2) is 10.7 Å². The zero-order chi connectivity index (χ0) is 10.1. The summed E-state index contributed by atoms with van der Waals surface area (Å²) in [4.78, 5) is 0. The van der Waals surface area contributed by atoms with Crippen molar-refractivity contribution >= 4 is 0 Å². The van der Waals surface area contributed by atoms with E-state index in [1.807, 2.05) is 13.8 Å². The van der Waals surface area contributed by atoms with Crippen molar-refractivity contribution in [2.75, 3.05) is 0 Å². The highest BCUT2D eigenvalue weighted by atomic mass is 16.3. The third-order valence-corrected chi connectivity index (χ3v) is 3.24. The molecule has 1 saturated carbocycles. The van der Waals surface area contributed by atoms with Gasteiger partial charge in [-0.2, -0.15) is 0 Å². The lowest BCUT2D eigenvalue weighted by Gasteiger charge is -2.18. The Morgan fingerprint density at radius 3 is 2.62 bits per heavy atom. The number of allylic oxidation sites excluding steroid dienone is 1. The van der Waals surface area contributed by atoms with Gasteiger partial charge in [0.25, 0.3) is 0 Å². The lowest BCUT2D eigenvalue weighted by atomic mass is 9.94. The molecule has 76 valence electrons. The second-order valence-corrected chi connectivity index (χ2v) is 5.37. The highest BCUT2D eigenvalue weighted by molar-refractivity contribution is 5.07. The fraction of sp³-hybridized carbons (Fsp3) is 0.833. The Kier molecular flexibility index (Phi) is 2.86. The molecule has 1 aliphatic carbocycles. The van der Waals surface area contributed by atoms with E-state index in [2.05, 4.69) is 19.6 Å². The van der Waals surface area contributed by atoms with E-state index in [1.165, 1.54) is 12.8 Å². The minimum absolute atomic E-state index is 0.491. The lowest BCUT2D eigenvalue weighted by Crippen LogP contribution is -2.18. The molecule has 0 aromatic heterocycles. The first-order valence-electron chi connectivity index (χ1n) is 5.22. The largest absolute Gasteiger partial charge is 0.390 e. The summed E-state index contributed by atoms with van der Waals surface area (Å²) in [5, 5.41) is 9.54. The van der Waals surface area contributed by atoms with Crippen LogP contribution < -0.4 is 0 Å². The second-order valence-electron chi connectivity index (χ2n) is 5.37. The molecular formula is C12H22O. The Bertz CT molecular complexity index is 190. The lowest BCUT2D eigenvalue weighted by molar-refractivity contribution is 0.0665. The molecule has 0 aromatic carbocycles. The molecule has 1 aliphatic rings. The normalized spacial score (nSPS) is 33.1. The van der Waals surface area contributed by atoms with Gasteiger partial charge in [-0.05, 0) is 44.4 Å². The maximum atomic E-state index is 9.54. The highest BCUT2D eigenvalue weighted by Gasteiger charge is 2.46. The first kappa shape index (κ1) is 10.8. The van der Waals surface area contributed by atoms with Crippen molar-refractivity contribution < 1.29 is 5.11 Å². The Balaban J connectivity index is 2.18. The summed E-state index contributed by atoms with van der Waals surface area (Å²) in [6.45, 7) is 9.91. The Morgan fingerprint density at radius 1 is 1.62 bits per heavy atom. The molecule has 1 nitrogen and oxygen atoms in total. The molecule has 1 fully saturated rings. The van der Waals surface area contributed by atoms with E-state index in [0.29, 0.717) is 5.41 Å². The molecule has 0 amide bonds. The Hall–Kier alpha value is -0.300. The van der Waals surface area contributed by atoms with Crippen LogP contribution in [0.1, 0.15) is 46.5 Å². The van der Waals surface area contributed by atoms with E-state index in [9.17, 15) is 5.11 Å². The molecule has 0 bridgehead atoms. The summed E-state index contributed by atoms with van der Waals surface area (Å²) in [5.74, 6) is 0.731. The van der Waals surface area contributed by atoms with E-state index in [-0.39, 0.29) is 0 Å². The van der Waals surface area contributed by atoms with Crippen LogP contribution >= 0.6 is 0 Å². The number of hydrogen-bond donors (Lipinski definition) is 1. The van der Waals surface area contributed by atoms with E-state index in [1.54, 1.807) is 0 Å². The van der Waals surface area contributed by atoms with Crippen LogP contribution in [0.25, 0.3) is 0 Å². The van der Waals surface area contributed by atoms with E-state index >= 15 is 0 Å². The summed E-state index contributed by atoms with van der Waals surface area (Å²) in [7, 11) is 0. The topological polar surface area (TPSA) is 20.2 Å². The van der Waals surface area contributed by atoms with Gasteiger partial charge in [-0.3, -0.25) is 0 Å². The third-order valence-electron chi connectivity index (χ3n) is 3.24. The molecule has 2 atom stereocenters. The van der Waals surface area contributed by atoms with Gasteiger partial charge in [-0.15, -0.1) is 6.58 Å². The number of aliphatic hydroxyl groups is 1. The zero-order valence-corrected chi connectivity index (χ0v) is 9.14. The third kappa shape index (κ3) is 3.15. The SMILES string of the molecule is C=CC1CC1(C)CCCC(C)(C)O. The maximum absolute atomic E-state index is 9.54. The number of rotatable bonds is 5. The molecule has 0 spiro atoms. The minimum atomic E-state index is -0.491. The van der Waals surface area contributed by atoms with Gasteiger partial charge in [0.2, 0.25) is 0 Å². The van der Waals surface area contributed by atoms with Crippen LogP contribution in [0.4, 0.5) is 0 Å². The Labute approximate surface area is 81.9 Å². The molecule has 0 aromatic rings. The molecule has 0 radical (unpaired) electrons. The summed E-state index contributed by atoms with van der Waals surface area (Å²) in [5.41, 5.74) is 0.0158. The van der Waals surface area contributed by atoms with Crippen molar-refractivity contribution in [3.63, 3.8) is 0 Å². The molecular weight excluding hydrogens is 160 g/mol. The molecule has 0 heterocycles. The van der Waals surface area contributed by atoms with Crippen LogP contribution in [0.3, 0.4) is 0 Å². The van der Waals surface area contributed by atoms with Crippen molar-refractivity contribution in [1.82, 2.24) is 0 Å². The van der Waals surface area contributed by atoms with Gasteiger partial charge in [-0.25, -0.2) is 0 Å². The van der Waals surface area contributed by atoms with E-state index in [0.717, 1.165) is 18.8 Å². The first-order valence-corrected chi connectivity index (χ1v) is 5.22. The molecule has 2 unspecified atom stereocenters. The van der Waals surface area contributed by atoms with E-state index in [4.69, 9.17) is 0 Å². The Morgan fingerprint density at radius 2 is 2.23 bits per heavy atom. The van der Waals surface area contributed by atoms with Gasteiger partial charge in [0.1, 0.15) is 0 Å². The fourth-order valence-corrected chi connectivity index (χ4v) is 2.02. The van der Waals surface area contributed by atoms with Gasteiger partial charge >= 0.3 is 0 Å². The fourth-order valence-electron chi connectivity index (χ4n) is 2.02. The molecule has 1 rings (SSSR count). The summed E-state index contributed by atoms with van der Waals surface area (Å²) in [6.07, 6.45) is 6.64. The zero-order valence-electron chi connectivity index (χ0n) is 9.14. The molecule has 0 aliphatic heterocycles. The van der Waals surface area contributed by atoms with Crippen LogP contribution in [0.2, 0.25) is 0 Å². The van der Waals surface area contributed by atoms with Crippen LogP contribution in [-0.2, 0) is 0 Å². The van der Waals surface area contributed by atoms with Crippen molar-refractivity contribution in [2.24, 2.45) is 11.3 Å². The van der Waals surface area contributed by atoms with Gasteiger partial charge in [0.05, 0.1) is 5.60 Å². The monoisotopic (exact) mass is 182 g/mol. The molecule has 1 N–H and O–H groups in total. The smallest absolute Gasteiger partial charge is 0.0591 e. The summed E-state index contributed by atoms with van der Waals surface area (Å²) < 4.78 is 0. The van der Waals surface area contributed by atoms with Crippen molar-refractivity contribution in [3.8, 4) is 0 Å². The van der Waals surface area contributed by atoms with Gasteiger partial charge < -0.3 is 5.11 Å². The van der Waals surface area contributed by atoms with Crippen molar-refractivity contribution in [1.29, 1.82) is 0 Å². The number of hydrogen-bond acceptors (Lipinski definition) is 1. The summed E-state index contributed by atoms with van der Waals surface area (Å²) >= 11 is 0. The van der Waals surface area contributed by atoms with Gasteiger partial charge in [0.15, 0.2) is 0 Å². The summed E-state index contributed by atoms with van der Waals surface area (Å²) in [6, 6.07) is 0. The highest BCUT2D eigenvalue weighted by Crippen LogP contribution is 2.56.